The number of hydrogen-bond acceptors (Lipinski definition) is 2. The van der Waals surface area contributed by atoms with E-state index in [9.17, 15) is 4.79 Å². The third kappa shape index (κ3) is 3.67. The highest BCUT2D eigenvalue weighted by Gasteiger charge is 2.36. The Morgan fingerprint density at radius 3 is 2.06 bits per heavy atom. The lowest BCUT2D eigenvalue weighted by Gasteiger charge is -2.34. The third-order valence-electron chi connectivity index (χ3n) is 4.20. The Morgan fingerprint density at radius 1 is 1.17 bits per heavy atom. The molecule has 18 heavy (non-hydrogen) atoms. The molecule has 0 saturated heterocycles. The topological polar surface area (TPSA) is 55.1 Å². The van der Waals surface area contributed by atoms with Gasteiger partial charge >= 0.3 is 0 Å². The molecule has 0 aliphatic heterocycles. The minimum absolute atomic E-state index is 0.000483. The molecule has 1 amide bonds. The predicted molar refractivity (Wildman–Crippen MR) is 79.4 cm³/mol. The van der Waals surface area contributed by atoms with Gasteiger partial charge in [0, 0.05) is 5.92 Å². The maximum Gasteiger partial charge on any atom is 0.223 e. The Labute approximate surface area is 116 Å². The van der Waals surface area contributed by atoms with Crippen molar-refractivity contribution in [3.63, 3.8) is 0 Å². The summed E-state index contributed by atoms with van der Waals surface area (Å²) in [6.07, 6.45) is 6.37. The number of carbonyl (C=O) groups excluding carboxylic acids is 1. The molecule has 3 nitrogen and oxygen atoms in total. The van der Waals surface area contributed by atoms with Crippen LogP contribution in [0.2, 0.25) is 0 Å². The van der Waals surface area contributed by atoms with E-state index >= 15 is 0 Å². The van der Waals surface area contributed by atoms with Crippen molar-refractivity contribution < 1.29 is 4.79 Å². The Morgan fingerprint density at radius 2 is 1.67 bits per heavy atom. The predicted octanol–water partition coefficient (Wildman–Crippen LogP) is 2.77. The van der Waals surface area contributed by atoms with Gasteiger partial charge in [0.1, 0.15) is 0 Å². The molecule has 1 saturated carbocycles. The van der Waals surface area contributed by atoms with Crippen LogP contribution in [-0.4, -0.2) is 16.4 Å². The van der Waals surface area contributed by atoms with Crippen LogP contribution in [0.4, 0.5) is 0 Å². The van der Waals surface area contributed by atoms with E-state index in [1.54, 1.807) is 0 Å². The largest absolute Gasteiger partial charge is 0.391 e. The second kappa shape index (κ2) is 6.50. The van der Waals surface area contributed by atoms with Gasteiger partial charge in [-0.3, -0.25) is 4.79 Å². The second-order valence-corrected chi connectivity index (χ2v) is 6.32. The standard InChI is InChI=1S/C14H26N2OS/c1-10(2)11(3)12(17)16-14(13(15)18)8-6-4-5-7-9-14/h10-11H,4-9H2,1-3H3,(H2,15,18)(H,16,17). The summed E-state index contributed by atoms with van der Waals surface area (Å²) >= 11 is 5.22. The van der Waals surface area contributed by atoms with Gasteiger partial charge in [0.15, 0.2) is 0 Å². The molecule has 1 unspecified atom stereocenters. The molecule has 0 spiro atoms. The first-order valence-corrected chi connectivity index (χ1v) is 7.42. The molecule has 1 rings (SSSR count). The molecule has 0 aromatic carbocycles. The van der Waals surface area contributed by atoms with Gasteiger partial charge in [-0.25, -0.2) is 0 Å². The summed E-state index contributed by atoms with van der Waals surface area (Å²) in [7, 11) is 0. The molecular weight excluding hydrogens is 244 g/mol. The lowest BCUT2D eigenvalue weighted by Crippen LogP contribution is -2.57. The molecule has 0 aromatic rings. The van der Waals surface area contributed by atoms with E-state index in [4.69, 9.17) is 18.0 Å². The molecule has 104 valence electrons. The van der Waals surface area contributed by atoms with Gasteiger partial charge in [0.25, 0.3) is 0 Å². The maximum absolute atomic E-state index is 12.2. The Hall–Kier alpha value is -0.640. The van der Waals surface area contributed by atoms with Crippen molar-refractivity contribution in [2.75, 3.05) is 0 Å². The number of hydrogen-bond donors (Lipinski definition) is 2. The third-order valence-corrected chi connectivity index (χ3v) is 4.60. The molecule has 0 bridgehead atoms. The van der Waals surface area contributed by atoms with Crippen LogP contribution in [-0.2, 0) is 4.79 Å². The van der Waals surface area contributed by atoms with Crippen LogP contribution in [0, 0.1) is 11.8 Å². The highest BCUT2D eigenvalue weighted by Crippen LogP contribution is 2.28. The van der Waals surface area contributed by atoms with E-state index in [1.165, 1.54) is 12.8 Å². The van der Waals surface area contributed by atoms with Gasteiger partial charge in [-0.1, -0.05) is 58.7 Å². The summed E-state index contributed by atoms with van der Waals surface area (Å²) in [6, 6.07) is 0. The number of nitrogens with two attached hydrogens (primary N) is 1. The van der Waals surface area contributed by atoms with Gasteiger partial charge in [0.2, 0.25) is 5.91 Å². The van der Waals surface area contributed by atoms with Crippen LogP contribution in [0.25, 0.3) is 0 Å². The van der Waals surface area contributed by atoms with E-state index in [2.05, 4.69) is 19.2 Å². The first kappa shape index (κ1) is 15.4. The van der Waals surface area contributed by atoms with E-state index in [-0.39, 0.29) is 11.8 Å². The van der Waals surface area contributed by atoms with Crippen molar-refractivity contribution >= 4 is 23.1 Å². The zero-order valence-electron chi connectivity index (χ0n) is 11.8. The van der Waals surface area contributed by atoms with Crippen LogP contribution in [0.1, 0.15) is 59.3 Å². The summed E-state index contributed by atoms with van der Waals surface area (Å²) < 4.78 is 0. The zero-order valence-corrected chi connectivity index (χ0v) is 12.6. The average molecular weight is 270 g/mol. The van der Waals surface area contributed by atoms with E-state index in [0.717, 1.165) is 25.7 Å². The van der Waals surface area contributed by atoms with Crippen LogP contribution >= 0.6 is 12.2 Å². The molecule has 0 aromatic heterocycles. The summed E-state index contributed by atoms with van der Waals surface area (Å²) in [4.78, 5) is 12.7. The fourth-order valence-corrected chi connectivity index (χ4v) is 2.67. The number of carbonyl (C=O) groups is 1. The molecule has 1 aliphatic rings. The summed E-state index contributed by atoms with van der Waals surface area (Å²) in [5, 5.41) is 3.15. The van der Waals surface area contributed by atoms with Crippen molar-refractivity contribution in [1.29, 1.82) is 0 Å². The average Bonchev–Trinajstić information content (AvgIpc) is 2.54. The van der Waals surface area contributed by atoms with Crippen molar-refractivity contribution in [3.05, 3.63) is 0 Å². The smallest absolute Gasteiger partial charge is 0.223 e. The van der Waals surface area contributed by atoms with Crippen LogP contribution in [0.5, 0.6) is 0 Å². The fourth-order valence-electron chi connectivity index (χ4n) is 2.42. The molecule has 0 radical (unpaired) electrons. The highest BCUT2D eigenvalue weighted by atomic mass is 32.1. The summed E-state index contributed by atoms with van der Waals surface area (Å²) in [6.45, 7) is 6.08. The van der Waals surface area contributed by atoms with E-state index in [0.29, 0.717) is 10.9 Å². The molecule has 3 N–H and O–H groups in total. The van der Waals surface area contributed by atoms with Gasteiger partial charge < -0.3 is 11.1 Å². The summed E-state index contributed by atoms with van der Waals surface area (Å²) in [5.74, 6) is 0.415. The van der Waals surface area contributed by atoms with Crippen molar-refractivity contribution in [2.45, 2.75) is 64.8 Å². The first-order chi connectivity index (χ1) is 8.39. The number of amides is 1. The molecule has 0 heterocycles. The molecule has 1 aliphatic carbocycles. The minimum atomic E-state index is -0.438. The van der Waals surface area contributed by atoms with Gasteiger partial charge in [0.05, 0.1) is 10.5 Å². The Bertz CT molecular complexity index is 307. The first-order valence-electron chi connectivity index (χ1n) is 7.01. The minimum Gasteiger partial charge on any atom is -0.391 e. The number of nitrogens with one attached hydrogen (secondary N) is 1. The molecule has 1 fully saturated rings. The normalized spacial score (nSPS) is 21.1. The number of rotatable bonds is 4. The molecular formula is C14H26N2OS. The van der Waals surface area contributed by atoms with Gasteiger partial charge in [-0.05, 0) is 18.8 Å². The second-order valence-electron chi connectivity index (χ2n) is 5.88. The maximum atomic E-state index is 12.2. The molecule has 4 heteroatoms. The Kier molecular flexibility index (Phi) is 5.57. The van der Waals surface area contributed by atoms with Crippen LogP contribution in [0.3, 0.4) is 0 Å². The van der Waals surface area contributed by atoms with Gasteiger partial charge in [-0.2, -0.15) is 0 Å². The quantitative estimate of drug-likeness (QED) is 0.610. The lowest BCUT2D eigenvalue weighted by molar-refractivity contribution is -0.127. The van der Waals surface area contributed by atoms with Crippen molar-refractivity contribution in [2.24, 2.45) is 17.6 Å². The fraction of sp³-hybridized carbons (Fsp3) is 0.857. The highest BCUT2D eigenvalue weighted by molar-refractivity contribution is 7.80. The monoisotopic (exact) mass is 270 g/mol. The summed E-state index contributed by atoms with van der Waals surface area (Å²) in [5.41, 5.74) is 5.47. The zero-order chi connectivity index (χ0) is 13.8. The lowest BCUT2D eigenvalue weighted by atomic mass is 9.88. The van der Waals surface area contributed by atoms with Crippen molar-refractivity contribution in [3.8, 4) is 0 Å². The van der Waals surface area contributed by atoms with Gasteiger partial charge in [-0.15, -0.1) is 0 Å². The van der Waals surface area contributed by atoms with Crippen LogP contribution < -0.4 is 11.1 Å². The Balaban J connectivity index is 2.79. The van der Waals surface area contributed by atoms with Crippen molar-refractivity contribution in [1.82, 2.24) is 5.32 Å². The molecule has 1 atom stereocenters. The van der Waals surface area contributed by atoms with E-state index in [1.807, 2.05) is 6.92 Å². The SMILES string of the molecule is CC(C)C(C)C(=O)NC1(C(N)=S)CCCCCC1. The number of thiocarbonyl (C=S) groups is 1. The van der Waals surface area contributed by atoms with Crippen LogP contribution in [0.15, 0.2) is 0 Å². The van der Waals surface area contributed by atoms with E-state index < -0.39 is 5.54 Å².